The molecule has 2 aliphatic rings. The SMILES string of the molecule is CC1(C)OB(O)c2ccc(C3=NOC(c4cc(Cl)cc(Cl)c4)(C(F)(F)F)C3)c(F)c21. The highest BCUT2D eigenvalue weighted by Crippen LogP contribution is 2.50. The number of rotatable bonds is 2. The zero-order chi connectivity index (χ0) is 22.1. The molecule has 0 spiro atoms. The molecule has 0 bridgehead atoms. The zero-order valence-electron chi connectivity index (χ0n) is 15.6. The smallest absolute Gasteiger partial charge is 0.423 e. The van der Waals surface area contributed by atoms with Gasteiger partial charge in [0.25, 0.3) is 5.60 Å². The van der Waals surface area contributed by atoms with Gasteiger partial charge in [0.05, 0.1) is 17.7 Å². The lowest BCUT2D eigenvalue weighted by molar-refractivity contribution is -0.275. The van der Waals surface area contributed by atoms with Gasteiger partial charge in [0.1, 0.15) is 5.82 Å². The van der Waals surface area contributed by atoms with Crippen LogP contribution in [-0.2, 0) is 20.7 Å². The first kappa shape index (κ1) is 21.4. The fourth-order valence-electron chi connectivity index (χ4n) is 3.87. The Morgan fingerprint density at radius 1 is 1.13 bits per heavy atom. The van der Waals surface area contributed by atoms with Gasteiger partial charge in [-0.2, -0.15) is 13.2 Å². The van der Waals surface area contributed by atoms with Crippen LogP contribution in [-0.4, -0.2) is 24.0 Å². The van der Waals surface area contributed by atoms with Crippen LogP contribution >= 0.6 is 23.2 Å². The molecule has 0 saturated heterocycles. The van der Waals surface area contributed by atoms with Crippen molar-refractivity contribution < 1.29 is 32.1 Å². The van der Waals surface area contributed by atoms with Crippen LogP contribution in [0.5, 0.6) is 0 Å². The number of fused-ring (bicyclic) bond motifs is 1. The Labute approximate surface area is 179 Å². The van der Waals surface area contributed by atoms with Gasteiger partial charge in [-0.3, -0.25) is 0 Å². The highest BCUT2D eigenvalue weighted by molar-refractivity contribution is 6.62. The molecule has 30 heavy (non-hydrogen) atoms. The normalized spacial score (nSPS) is 22.7. The molecule has 0 amide bonds. The van der Waals surface area contributed by atoms with Gasteiger partial charge >= 0.3 is 13.3 Å². The molecule has 0 radical (unpaired) electrons. The van der Waals surface area contributed by atoms with Crippen molar-refractivity contribution >= 4 is 41.5 Å². The molecule has 1 N–H and O–H groups in total. The van der Waals surface area contributed by atoms with E-state index in [1.165, 1.54) is 18.2 Å². The van der Waals surface area contributed by atoms with Crippen molar-refractivity contribution in [3.8, 4) is 0 Å². The van der Waals surface area contributed by atoms with E-state index in [1.807, 2.05) is 0 Å². The molecule has 0 aliphatic carbocycles. The molecule has 1 unspecified atom stereocenters. The van der Waals surface area contributed by atoms with Gasteiger partial charge in [0.2, 0.25) is 0 Å². The summed E-state index contributed by atoms with van der Waals surface area (Å²) in [5.41, 5.74) is -4.51. The molecule has 158 valence electrons. The zero-order valence-corrected chi connectivity index (χ0v) is 17.2. The molecule has 4 rings (SSSR count). The number of hydrogen-bond donors (Lipinski definition) is 1. The van der Waals surface area contributed by atoms with Crippen molar-refractivity contribution in [3.63, 3.8) is 0 Å². The lowest BCUT2D eigenvalue weighted by Gasteiger charge is -2.29. The van der Waals surface area contributed by atoms with Gasteiger partial charge in [-0.1, -0.05) is 40.5 Å². The van der Waals surface area contributed by atoms with Crippen LogP contribution in [0, 0.1) is 5.82 Å². The minimum Gasteiger partial charge on any atom is -0.423 e. The van der Waals surface area contributed by atoms with Crippen LogP contribution < -0.4 is 5.46 Å². The summed E-state index contributed by atoms with van der Waals surface area (Å²) in [4.78, 5) is 4.91. The molecular weight excluding hydrogens is 448 g/mol. The van der Waals surface area contributed by atoms with E-state index < -0.39 is 36.7 Å². The average Bonchev–Trinajstić information content (AvgIpc) is 3.15. The van der Waals surface area contributed by atoms with Gasteiger partial charge in [0, 0.05) is 26.7 Å². The number of halogens is 6. The maximum absolute atomic E-state index is 15.3. The number of hydrogen-bond acceptors (Lipinski definition) is 4. The average molecular weight is 462 g/mol. The van der Waals surface area contributed by atoms with Gasteiger partial charge in [0.15, 0.2) is 0 Å². The largest absolute Gasteiger partial charge is 0.492 e. The lowest BCUT2D eigenvalue weighted by atomic mass is 9.76. The molecule has 11 heteroatoms. The van der Waals surface area contributed by atoms with Crippen molar-refractivity contribution in [2.45, 2.75) is 37.6 Å². The van der Waals surface area contributed by atoms with E-state index in [0.29, 0.717) is 0 Å². The second-order valence-corrected chi connectivity index (χ2v) is 8.53. The Bertz CT molecular complexity index is 1060. The number of nitrogens with zero attached hydrogens (tertiary/aromatic N) is 1. The molecule has 2 heterocycles. The summed E-state index contributed by atoms with van der Waals surface area (Å²) in [7, 11) is -1.33. The monoisotopic (exact) mass is 461 g/mol. The summed E-state index contributed by atoms with van der Waals surface area (Å²) in [5.74, 6) is -0.821. The second-order valence-electron chi connectivity index (χ2n) is 7.66. The Morgan fingerprint density at radius 3 is 2.37 bits per heavy atom. The Kier molecular flexibility index (Phi) is 4.89. The van der Waals surface area contributed by atoms with Gasteiger partial charge < -0.3 is 14.5 Å². The predicted molar refractivity (Wildman–Crippen MR) is 105 cm³/mol. The minimum absolute atomic E-state index is 0.00484. The molecule has 2 aromatic carbocycles. The van der Waals surface area contributed by atoms with E-state index in [0.717, 1.165) is 12.1 Å². The Morgan fingerprint density at radius 2 is 1.77 bits per heavy atom. The maximum atomic E-state index is 15.3. The summed E-state index contributed by atoms with van der Waals surface area (Å²) < 4.78 is 63.0. The predicted octanol–water partition coefficient (Wildman–Crippen LogP) is 4.67. The number of oxime groups is 1. The molecule has 0 aromatic heterocycles. The minimum atomic E-state index is -4.89. The first-order chi connectivity index (χ1) is 13.9. The van der Waals surface area contributed by atoms with Crippen LogP contribution in [0.25, 0.3) is 0 Å². The van der Waals surface area contributed by atoms with Crippen molar-refractivity contribution in [1.29, 1.82) is 0 Å². The van der Waals surface area contributed by atoms with Crippen molar-refractivity contribution in [1.82, 2.24) is 0 Å². The fourth-order valence-corrected chi connectivity index (χ4v) is 4.39. The summed E-state index contributed by atoms with van der Waals surface area (Å²) in [6.45, 7) is 3.10. The van der Waals surface area contributed by atoms with Crippen LogP contribution in [0.4, 0.5) is 17.6 Å². The third-order valence-electron chi connectivity index (χ3n) is 5.27. The third-order valence-corrected chi connectivity index (χ3v) is 5.71. The Balaban J connectivity index is 1.80. The summed E-state index contributed by atoms with van der Waals surface area (Å²) in [6, 6.07) is 6.12. The first-order valence-electron chi connectivity index (χ1n) is 8.83. The summed E-state index contributed by atoms with van der Waals surface area (Å²) in [5, 5.41) is 13.5. The first-order valence-corrected chi connectivity index (χ1v) is 9.59. The van der Waals surface area contributed by atoms with E-state index >= 15 is 4.39 Å². The molecule has 2 aromatic rings. The molecule has 0 fully saturated rings. The number of alkyl halides is 3. The summed E-state index contributed by atoms with van der Waals surface area (Å²) >= 11 is 11.8. The van der Waals surface area contributed by atoms with Gasteiger partial charge in [-0.25, -0.2) is 4.39 Å². The van der Waals surface area contributed by atoms with E-state index in [9.17, 15) is 18.2 Å². The van der Waals surface area contributed by atoms with Crippen LogP contribution in [0.2, 0.25) is 10.0 Å². The number of benzene rings is 2. The Hall–Kier alpha value is -1.81. The highest BCUT2D eigenvalue weighted by atomic mass is 35.5. The second kappa shape index (κ2) is 6.85. The molecule has 1 atom stereocenters. The van der Waals surface area contributed by atoms with Crippen LogP contribution in [0.3, 0.4) is 0 Å². The van der Waals surface area contributed by atoms with Crippen LogP contribution in [0.1, 0.15) is 37.0 Å². The molecular formula is C19H14BCl2F4NO3. The molecule has 2 aliphatic heterocycles. The molecule has 4 nitrogen and oxygen atoms in total. The van der Waals surface area contributed by atoms with E-state index in [-0.39, 0.29) is 37.9 Å². The quantitative estimate of drug-likeness (QED) is 0.522. The standard InChI is InChI=1S/C19H14BCl2F4NO3/c1-17(2)15-13(20(28)29-17)4-3-12(16(15)23)14-8-18(30-27-14,19(24,25)26)9-5-10(21)7-11(22)6-9/h3-7,28H,8H2,1-2H3. The van der Waals surface area contributed by atoms with E-state index in [4.69, 9.17) is 32.7 Å². The van der Waals surface area contributed by atoms with E-state index in [2.05, 4.69) is 5.16 Å². The lowest BCUT2D eigenvalue weighted by Crippen LogP contribution is -2.42. The third kappa shape index (κ3) is 3.19. The van der Waals surface area contributed by atoms with Crippen LogP contribution in [0.15, 0.2) is 35.5 Å². The van der Waals surface area contributed by atoms with Crippen molar-refractivity contribution in [2.24, 2.45) is 5.16 Å². The van der Waals surface area contributed by atoms with Crippen molar-refractivity contribution in [2.75, 3.05) is 0 Å². The van der Waals surface area contributed by atoms with Gasteiger partial charge in [-0.15, -0.1) is 0 Å². The van der Waals surface area contributed by atoms with Crippen molar-refractivity contribution in [3.05, 3.63) is 62.9 Å². The highest BCUT2D eigenvalue weighted by Gasteiger charge is 2.62. The molecule has 0 saturated carbocycles. The topological polar surface area (TPSA) is 51.0 Å². The fraction of sp³-hybridized carbons (Fsp3) is 0.316. The maximum Gasteiger partial charge on any atom is 0.492 e. The summed E-state index contributed by atoms with van der Waals surface area (Å²) in [6.07, 6.45) is -5.68. The van der Waals surface area contributed by atoms with Gasteiger partial charge in [-0.05, 0) is 37.5 Å². The van der Waals surface area contributed by atoms with E-state index in [1.54, 1.807) is 13.8 Å².